The monoisotopic (exact) mass is 398 g/mol. The second-order valence-corrected chi connectivity index (χ2v) is 7.15. The molecule has 1 amide bonds. The van der Waals surface area contributed by atoms with E-state index < -0.39 is 5.97 Å². The van der Waals surface area contributed by atoms with E-state index in [1.165, 1.54) is 0 Å². The average Bonchev–Trinajstić information content (AvgIpc) is 2.77. The molecule has 29 heavy (non-hydrogen) atoms. The van der Waals surface area contributed by atoms with Crippen molar-refractivity contribution in [3.05, 3.63) is 54.1 Å². The van der Waals surface area contributed by atoms with Gasteiger partial charge in [-0.3, -0.25) is 14.6 Å². The van der Waals surface area contributed by atoms with E-state index >= 15 is 0 Å². The molecule has 1 aliphatic heterocycles. The molecule has 0 bridgehead atoms. The lowest BCUT2D eigenvalue weighted by molar-refractivity contribution is -0.217. The van der Waals surface area contributed by atoms with E-state index in [1.807, 2.05) is 23.1 Å². The lowest BCUT2D eigenvalue weighted by Gasteiger charge is -2.36. The molecule has 2 aromatic rings. The molecule has 154 valence electrons. The SMILES string of the molecule is COc1ccc(C(=O)N2CCN(c3cccc(OOC(=O)C(C)C)c3)CC2)cc1. The topological polar surface area (TPSA) is 68.3 Å². The van der Waals surface area contributed by atoms with Crippen LogP contribution >= 0.6 is 0 Å². The number of piperazine rings is 1. The average molecular weight is 398 g/mol. The van der Waals surface area contributed by atoms with Crippen LogP contribution in [0.15, 0.2) is 48.5 Å². The van der Waals surface area contributed by atoms with Gasteiger partial charge < -0.3 is 14.5 Å². The van der Waals surface area contributed by atoms with Crippen molar-refractivity contribution in [2.45, 2.75) is 13.8 Å². The summed E-state index contributed by atoms with van der Waals surface area (Å²) in [6.07, 6.45) is 0. The fourth-order valence-electron chi connectivity index (χ4n) is 3.00. The van der Waals surface area contributed by atoms with Gasteiger partial charge >= 0.3 is 5.97 Å². The number of nitrogens with zero attached hydrogens (tertiary/aromatic N) is 2. The fourth-order valence-corrected chi connectivity index (χ4v) is 3.00. The summed E-state index contributed by atoms with van der Waals surface area (Å²) in [5, 5.41) is 0. The Morgan fingerprint density at radius 1 is 0.931 bits per heavy atom. The van der Waals surface area contributed by atoms with Crippen molar-refractivity contribution in [1.82, 2.24) is 4.90 Å². The molecule has 0 aromatic heterocycles. The number of ether oxygens (including phenoxy) is 1. The maximum Gasteiger partial charge on any atom is 0.357 e. The molecule has 0 unspecified atom stereocenters. The minimum absolute atomic E-state index is 0.0185. The molecule has 7 nitrogen and oxygen atoms in total. The summed E-state index contributed by atoms with van der Waals surface area (Å²) in [5.74, 6) is 0.543. The number of hydrogen-bond acceptors (Lipinski definition) is 6. The summed E-state index contributed by atoms with van der Waals surface area (Å²) >= 11 is 0. The van der Waals surface area contributed by atoms with E-state index in [0.29, 0.717) is 37.5 Å². The van der Waals surface area contributed by atoms with Crippen molar-refractivity contribution in [2.75, 3.05) is 38.2 Å². The zero-order valence-electron chi connectivity index (χ0n) is 17.0. The van der Waals surface area contributed by atoms with E-state index in [1.54, 1.807) is 51.3 Å². The highest BCUT2D eigenvalue weighted by atomic mass is 17.2. The Morgan fingerprint density at radius 2 is 1.62 bits per heavy atom. The van der Waals surface area contributed by atoms with Crippen molar-refractivity contribution in [3.63, 3.8) is 0 Å². The van der Waals surface area contributed by atoms with Crippen LogP contribution in [0.5, 0.6) is 11.5 Å². The minimum atomic E-state index is -0.416. The summed E-state index contributed by atoms with van der Waals surface area (Å²) in [4.78, 5) is 38.3. The molecule has 1 heterocycles. The van der Waals surface area contributed by atoms with Crippen molar-refractivity contribution < 1.29 is 24.1 Å². The quantitative estimate of drug-likeness (QED) is 0.550. The smallest absolute Gasteiger partial charge is 0.357 e. The van der Waals surface area contributed by atoms with Crippen molar-refractivity contribution in [1.29, 1.82) is 0 Å². The zero-order chi connectivity index (χ0) is 20.8. The molecule has 0 N–H and O–H groups in total. The van der Waals surface area contributed by atoms with E-state index in [9.17, 15) is 9.59 Å². The van der Waals surface area contributed by atoms with Crippen molar-refractivity contribution >= 4 is 17.6 Å². The summed E-state index contributed by atoms with van der Waals surface area (Å²) < 4.78 is 5.14. The van der Waals surface area contributed by atoms with Crippen molar-refractivity contribution in [2.24, 2.45) is 5.92 Å². The zero-order valence-corrected chi connectivity index (χ0v) is 17.0. The highest BCUT2D eigenvalue weighted by Crippen LogP contribution is 2.23. The van der Waals surface area contributed by atoms with Gasteiger partial charge in [0.2, 0.25) is 0 Å². The van der Waals surface area contributed by atoms with Gasteiger partial charge in [0.1, 0.15) is 5.75 Å². The molecule has 0 atom stereocenters. The molecule has 1 fully saturated rings. The number of carbonyl (C=O) groups is 2. The van der Waals surface area contributed by atoms with Crippen LogP contribution in [-0.2, 0) is 9.68 Å². The second kappa shape index (κ2) is 9.32. The number of carbonyl (C=O) groups excluding carboxylic acids is 2. The predicted molar refractivity (Wildman–Crippen MR) is 109 cm³/mol. The number of methoxy groups -OCH3 is 1. The van der Waals surface area contributed by atoms with E-state index in [4.69, 9.17) is 14.5 Å². The summed E-state index contributed by atoms with van der Waals surface area (Å²) in [7, 11) is 1.60. The van der Waals surface area contributed by atoms with E-state index in [-0.39, 0.29) is 11.8 Å². The van der Waals surface area contributed by atoms with Gasteiger partial charge in [0, 0.05) is 43.5 Å². The van der Waals surface area contributed by atoms with Crippen LogP contribution in [0.2, 0.25) is 0 Å². The van der Waals surface area contributed by atoms with Crippen LogP contribution in [-0.4, -0.2) is 50.1 Å². The Kier molecular flexibility index (Phi) is 6.59. The highest BCUT2D eigenvalue weighted by Gasteiger charge is 2.22. The molecule has 1 saturated heterocycles. The Labute approximate surface area is 170 Å². The minimum Gasteiger partial charge on any atom is -0.497 e. The first-order chi connectivity index (χ1) is 14.0. The van der Waals surface area contributed by atoms with Gasteiger partial charge in [-0.25, -0.2) is 4.79 Å². The standard InChI is InChI=1S/C22H26N2O5/c1-16(2)22(26)29-28-20-6-4-5-18(15-20)23-11-13-24(14-12-23)21(25)17-7-9-19(27-3)10-8-17/h4-10,15-16H,11-14H2,1-3H3. The van der Waals surface area contributed by atoms with Crippen LogP contribution in [0.3, 0.4) is 0 Å². The molecule has 0 saturated carbocycles. The van der Waals surface area contributed by atoms with E-state index in [0.717, 1.165) is 11.4 Å². The van der Waals surface area contributed by atoms with Gasteiger partial charge in [-0.2, -0.15) is 0 Å². The molecule has 0 radical (unpaired) electrons. The lowest BCUT2D eigenvalue weighted by Crippen LogP contribution is -2.48. The molecule has 3 rings (SSSR count). The molecular weight excluding hydrogens is 372 g/mol. The number of anilines is 1. The van der Waals surface area contributed by atoms with Crippen LogP contribution in [0.1, 0.15) is 24.2 Å². The normalized spacial score (nSPS) is 13.9. The van der Waals surface area contributed by atoms with E-state index in [2.05, 4.69) is 4.90 Å². The van der Waals surface area contributed by atoms with Crippen LogP contribution in [0.4, 0.5) is 5.69 Å². The molecule has 2 aromatic carbocycles. The maximum absolute atomic E-state index is 12.7. The molecule has 1 aliphatic rings. The largest absolute Gasteiger partial charge is 0.497 e. The van der Waals surface area contributed by atoms with Gasteiger partial charge in [0.25, 0.3) is 5.91 Å². The first-order valence-corrected chi connectivity index (χ1v) is 9.64. The second-order valence-electron chi connectivity index (χ2n) is 7.15. The maximum atomic E-state index is 12.7. The van der Waals surface area contributed by atoms with Gasteiger partial charge in [-0.1, -0.05) is 19.9 Å². The number of hydrogen-bond donors (Lipinski definition) is 0. The van der Waals surface area contributed by atoms with Gasteiger partial charge in [-0.05, 0) is 36.4 Å². The predicted octanol–water partition coefficient (Wildman–Crippen LogP) is 3.15. The van der Waals surface area contributed by atoms with Crippen LogP contribution < -0.4 is 14.5 Å². The Balaban J connectivity index is 1.56. The first-order valence-electron chi connectivity index (χ1n) is 9.64. The lowest BCUT2D eigenvalue weighted by atomic mass is 10.1. The van der Waals surface area contributed by atoms with Crippen molar-refractivity contribution in [3.8, 4) is 11.5 Å². The molecule has 7 heteroatoms. The third-order valence-electron chi connectivity index (χ3n) is 4.78. The molecule has 0 spiro atoms. The Morgan fingerprint density at radius 3 is 2.24 bits per heavy atom. The number of benzene rings is 2. The first kappa shape index (κ1) is 20.5. The van der Waals surface area contributed by atoms with Gasteiger partial charge in [0.15, 0.2) is 5.75 Å². The van der Waals surface area contributed by atoms with Crippen LogP contribution in [0.25, 0.3) is 0 Å². The highest BCUT2D eigenvalue weighted by molar-refractivity contribution is 5.94. The van der Waals surface area contributed by atoms with Gasteiger partial charge in [-0.15, -0.1) is 0 Å². The van der Waals surface area contributed by atoms with Crippen LogP contribution in [0, 0.1) is 5.92 Å². The Hall–Kier alpha value is -3.22. The van der Waals surface area contributed by atoms with Gasteiger partial charge in [0.05, 0.1) is 13.0 Å². The molecule has 0 aliphatic carbocycles. The third kappa shape index (κ3) is 5.19. The molecular formula is C22H26N2O5. The summed E-state index contributed by atoms with van der Waals surface area (Å²) in [6.45, 7) is 6.15. The fraction of sp³-hybridized carbons (Fsp3) is 0.364. The Bertz CT molecular complexity index is 843. The summed E-state index contributed by atoms with van der Waals surface area (Å²) in [5.41, 5.74) is 1.61. The summed E-state index contributed by atoms with van der Waals surface area (Å²) in [6, 6.07) is 14.5. The number of rotatable bonds is 6. The third-order valence-corrected chi connectivity index (χ3v) is 4.78. The number of amides is 1.